The van der Waals surface area contributed by atoms with Gasteiger partial charge >= 0.3 is 5.97 Å². The van der Waals surface area contributed by atoms with Crippen molar-refractivity contribution >= 4 is 5.97 Å². The zero-order chi connectivity index (χ0) is 12.4. The Morgan fingerprint density at radius 2 is 2.29 bits per heavy atom. The van der Waals surface area contributed by atoms with E-state index in [9.17, 15) is 4.79 Å². The Morgan fingerprint density at radius 1 is 1.53 bits per heavy atom. The van der Waals surface area contributed by atoms with Gasteiger partial charge in [-0.2, -0.15) is 10.2 Å². The molecule has 0 amide bonds. The number of nitrogens with zero attached hydrogens (tertiary/aromatic N) is 3. The lowest BCUT2D eigenvalue weighted by atomic mass is 10.1. The smallest absolute Gasteiger partial charge is 0.339 e. The number of nitrogens with one attached hydrogen (secondary N) is 1. The van der Waals surface area contributed by atoms with Crippen LogP contribution in [-0.4, -0.2) is 31.1 Å². The number of carbonyl (C=O) groups is 1. The SMILES string of the molecule is CC(C)Cn1cc(-c2[nH]ncc2C(=O)O)cn1. The van der Waals surface area contributed by atoms with Crippen molar-refractivity contribution in [3.05, 3.63) is 24.2 Å². The number of hydrogen-bond donors (Lipinski definition) is 2. The van der Waals surface area contributed by atoms with Crippen LogP contribution in [0.1, 0.15) is 24.2 Å². The van der Waals surface area contributed by atoms with Gasteiger partial charge in [0, 0.05) is 18.3 Å². The van der Waals surface area contributed by atoms with Gasteiger partial charge in [0.2, 0.25) is 0 Å². The van der Waals surface area contributed by atoms with Crippen LogP contribution in [0.4, 0.5) is 0 Å². The van der Waals surface area contributed by atoms with Crippen molar-refractivity contribution in [1.82, 2.24) is 20.0 Å². The molecule has 2 heterocycles. The molecule has 0 unspecified atom stereocenters. The third-order valence-corrected chi connectivity index (χ3v) is 2.34. The molecule has 2 N–H and O–H groups in total. The Bertz CT molecular complexity index is 527. The number of carboxylic acids is 1. The molecule has 2 aromatic heterocycles. The molecule has 0 saturated carbocycles. The summed E-state index contributed by atoms with van der Waals surface area (Å²) in [6.07, 6.45) is 4.76. The normalized spacial score (nSPS) is 11.0. The van der Waals surface area contributed by atoms with Gasteiger partial charge in [0.05, 0.1) is 18.1 Å². The van der Waals surface area contributed by atoms with E-state index in [1.807, 2.05) is 6.20 Å². The standard InChI is InChI=1S/C11H14N4O2/c1-7(2)5-15-6-8(3-13-15)10-9(11(16)17)4-12-14-10/h3-4,6-7H,5H2,1-2H3,(H,12,14)(H,16,17). The van der Waals surface area contributed by atoms with Crippen LogP contribution in [0.3, 0.4) is 0 Å². The fourth-order valence-electron chi connectivity index (χ4n) is 1.63. The second-order valence-corrected chi connectivity index (χ2v) is 4.31. The Labute approximate surface area is 98.3 Å². The van der Waals surface area contributed by atoms with E-state index in [4.69, 9.17) is 5.11 Å². The fourth-order valence-corrected chi connectivity index (χ4v) is 1.63. The highest BCUT2D eigenvalue weighted by Gasteiger charge is 2.15. The molecule has 0 aliphatic heterocycles. The zero-order valence-electron chi connectivity index (χ0n) is 9.71. The van der Waals surface area contributed by atoms with E-state index in [1.165, 1.54) is 6.20 Å². The van der Waals surface area contributed by atoms with Crippen molar-refractivity contribution in [2.75, 3.05) is 0 Å². The highest BCUT2D eigenvalue weighted by atomic mass is 16.4. The molecular formula is C11H14N4O2. The molecule has 90 valence electrons. The maximum Gasteiger partial charge on any atom is 0.339 e. The summed E-state index contributed by atoms with van der Waals surface area (Å²) in [7, 11) is 0. The minimum atomic E-state index is -0.995. The molecule has 2 rings (SSSR count). The van der Waals surface area contributed by atoms with Crippen LogP contribution in [-0.2, 0) is 6.54 Å². The van der Waals surface area contributed by atoms with E-state index in [2.05, 4.69) is 29.1 Å². The molecule has 0 radical (unpaired) electrons. The highest BCUT2D eigenvalue weighted by molar-refractivity contribution is 5.94. The number of aromatic amines is 1. The number of aromatic carboxylic acids is 1. The van der Waals surface area contributed by atoms with Gasteiger partial charge in [0.1, 0.15) is 5.56 Å². The van der Waals surface area contributed by atoms with E-state index >= 15 is 0 Å². The summed E-state index contributed by atoms with van der Waals surface area (Å²) in [4.78, 5) is 11.0. The molecule has 6 heteroatoms. The largest absolute Gasteiger partial charge is 0.478 e. The highest BCUT2D eigenvalue weighted by Crippen LogP contribution is 2.20. The summed E-state index contributed by atoms with van der Waals surface area (Å²) in [5.74, 6) is -0.506. The van der Waals surface area contributed by atoms with Crippen molar-refractivity contribution in [3.63, 3.8) is 0 Å². The van der Waals surface area contributed by atoms with Gasteiger partial charge in [-0.15, -0.1) is 0 Å². The van der Waals surface area contributed by atoms with Crippen LogP contribution < -0.4 is 0 Å². The average Bonchev–Trinajstić information content (AvgIpc) is 2.82. The van der Waals surface area contributed by atoms with Crippen LogP contribution in [0, 0.1) is 5.92 Å². The van der Waals surface area contributed by atoms with Crippen LogP contribution in [0.2, 0.25) is 0 Å². The molecule has 2 aromatic rings. The predicted molar refractivity (Wildman–Crippen MR) is 61.6 cm³/mol. The Balaban J connectivity index is 2.30. The van der Waals surface area contributed by atoms with E-state index in [0.29, 0.717) is 11.6 Å². The summed E-state index contributed by atoms with van der Waals surface area (Å²) in [5, 5.41) is 19.6. The number of H-pyrrole nitrogens is 1. The third-order valence-electron chi connectivity index (χ3n) is 2.34. The van der Waals surface area contributed by atoms with Gasteiger partial charge in [0.15, 0.2) is 0 Å². The fraction of sp³-hybridized carbons (Fsp3) is 0.364. The number of aromatic nitrogens is 4. The van der Waals surface area contributed by atoms with E-state index in [-0.39, 0.29) is 5.56 Å². The predicted octanol–water partition coefficient (Wildman–Crippen LogP) is 1.63. The lowest BCUT2D eigenvalue weighted by Gasteiger charge is -2.03. The van der Waals surface area contributed by atoms with Crippen LogP contribution in [0.25, 0.3) is 11.3 Å². The molecule has 17 heavy (non-hydrogen) atoms. The first-order chi connectivity index (χ1) is 8.08. The molecule has 0 fully saturated rings. The van der Waals surface area contributed by atoms with Gasteiger partial charge in [-0.3, -0.25) is 9.78 Å². The Hall–Kier alpha value is -2.11. The lowest BCUT2D eigenvalue weighted by Crippen LogP contribution is -2.04. The molecule has 6 nitrogen and oxygen atoms in total. The van der Waals surface area contributed by atoms with Crippen LogP contribution in [0.5, 0.6) is 0 Å². The summed E-state index contributed by atoms with van der Waals surface area (Å²) in [5.41, 5.74) is 1.39. The van der Waals surface area contributed by atoms with Gasteiger partial charge in [-0.1, -0.05) is 13.8 Å². The first kappa shape index (κ1) is 11.4. The second-order valence-electron chi connectivity index (χ2n) is 4.31. The minimum Gasteiger partial charge on any atom is -0.478 e. The van der Waals surface area contributed by atoms with Gasteiger partial charge < -0.3 is 5.11 Å². The van der Waals surface area contributed by atoms with Crippen molar-refractivity contribution in [1.29, 1.82) is 0 Å². The Kier molecular flexibility index (Phi) is 2.95. The van der Waals surface area contributed by atoms with Crippen LogP contribution in [0.15, 0.2) is 18.6 Å². The Morgan fingerprint density at radius 3 is 2.94 bits per heavy atom. The molecule has 0 aliphatic rings. The average molecular weight is 234 g/mol. The maximum atomic E-state index is 11.0. The molecule has 0 bridgehead atoms. The summed E-state index contributed by atoms with van der Waals surface area (Å²) < 4.78 is 1.80. The van der Waals surface area contributed by atoms with Crippen molar-refractivity contribution in [2.24, 2.45) is 5.92 Å². The maximum absolute atomic E-state index is 11.0. The molecule has 0 atom stereocenters. The van der Waals surface area contributed by atoms with Gasteiger partial charge in [-0.05, 0) is 5.92 Å². The second kappa shape index (κ2) is 4.40. The molecular weight excluding hydrogens is 220 g/mol. The summed E-state index contributed by atoms with van der Waals surface area (Å²) >= 11 is 0. The number of hydrogen-bond acceptors (Lipinski definition) is 3. The van der Waals surface area contributed by atoms with E-state index in [1.54, 1.807) is 10.9 Å². The van der Waals surface area contributed by atoms with E-state index < -0.39 is 5.97 Å². The first-order valence-corrected chi connectivity index (χ1v) is 5.37. The number of carboxylic acid groups (broad SMARTS) is 1. The number of rotatable bonds is 4. The van der Waals surface area contributed by atoms with Crippen molar-refractivity contribution in [2.45, 2.75) is 20.4 Å². The summed E-state index contributed by atoms with van der Waals surface area (Å²) in [6, 6.07) is 0. The monoisotopic (exact) mass is 234 g/mol. The molecule has 0 aliphatic carbocycles. The van der Waals surface area contributed by atoms with E-state index in [0.717, 1.165) is 12.1 Å². The van der Waals surface area contributed by atoms with Crippen molar-refractivity contribution in [3.8, 4) is 11.3 Å². The molecule has 0 spiro atoms. The van der Waals surface area contributed by atoms with Crippen molar-refractivity contribution < 1.29 is 9.90 Å². The van der Waals surface area contributed by atoms with Crippen LogP contribution >= 0.6 is 0 Å². The zero-order valence-corrected chi connectivity index (χ0v) is 9.71. The first-order valence-electron chi connectivity index (χ1n) is 5.37. The molecule has 0 saturated heterocycles. The van der Waals surface area contributed by atoms with Gasteiger partial charge in [-0.25, -0.2) is 4.79 Å². The van der Waals surface area contributed by atoms with Gasteiger partial charge in [0.25, 0.3) is 0 Å². The molecule has 0 aromatic carbocycles. The lowest BCUT2D eigenvalue weighted by molar-refractivity contribution is 0.0698. The topological polar surface area (TPSA) is 83.8 Å². The minimum absolute atomic E-state index is 0.161. The summed E-state index contributed by atoms with van der Waals surface area (Å²) in [6.45, 7) is 5.00. The quantitative estimate of drug-likeness (QED) is 0.842. The third kappa shape index (κ3) is 2.35.